The zero-order valence-electron chi connectivity index (χ0n) is 10.0. The zero-order chi connectivity index (χ0) is 11.5. The van der Waals surface area contributed by atoms with Crippen LogP contribution in [0.1, 0.15) is 44.1 Å². The quantitative estimate of drug-likeness (QED) is 0.731. The second-order valence-electron chi connectivity index (χ2n) is 4.85. The maximum absolute atomic E-state index is 13.1. The Hall–Kier alpha value is -1.05. The SMILES string of the molecule is COc1cc(F)ccc1C1CCCC(C)C1. The highest BCUT2D eigenvalue weighted by molar-refractivity contribution is 5.37. The van der Waals surface area contributed by atoms with Gasteiger partial charge in [0.05, 0.1) is 7.11 Å². The van der Waals surface area contributed by atoms with Crippen molar-refractivity contribution in [2.75, 3.05) is 7.11 Å². The van der Waals surface area contributed by atoms with Gasteiger partial charge in [0.25, 0.3) is 0 Å². The smallest absolute Gasteiger partial charge is 0.126 e. The maximum atomic E-state index is 13.1. The molecule has 0 aromatic heterocycles. The van der Waals surface area contributed by atoms with Crippen molar-refractivity contribution in [3.8, 4) is 5.75 Å². The molecule has 1 aromatic carbocycles. The summed E-state index contributed by atoms with van der Waals surface area (Å²) in [7, 11) is 1.62. The van der Waals surface area contributed by atoms with E-state index in [1.54, 1.807) is 7.11 Å². The van der Waals surface area contributed by atoms with Gasteiger partial charge in [-0.1, -0.05) is 25.8 Å². The van der Waals surface area contributed by atoms with Gasteiger partial charge in [-0.25, -0.2) is 4.39 Å². The molecule has 88 valence electrons. The summed E-state index contributed by atoms with van der Waals surface area (Å²) >= 11 is 0. The lowest BCUT2D eigenvalue weighted by molar-refractivity contribution is 0.331. The van der Waals surface area contributed by atoms with Gasteiger partial charge in [-0.2, -0.15) is 0 Å². The van der Waals surface area contributed by atoms with Crippen LogP contribution in [0.2, 0.25) is 0 Å². The number of hydrogen-bond acceptors (Lipinski definition) is 1. The molecule has 0 aliphatic heterocycles. The number of benzene rings is 1. The molecule has 1 aliphatic rings. The van der Waals surface area contributed by atoms with E-state index in [1.807, 2.05) is 6.07 Å². The molecule has 0 bridgehead atoms. The molecule has 2 atom stereocenters. The minimum atomic E-state index is -0.218. The van der Waals surface area contributed by atoms with Crippen molar-refractivity contribution in [2.24, 2.45) is 5.92 Å². The Labute approximate surface area is 96.6 Å². The molecule has 0 heterocycles. The van der Waals surface area contributed by atoms with Crippen molar-refractivity contribution >= 4 is 0 Å². The van der Waals surface area contributed by atoms with Crippen LogP contribution in [0.5, 0.6) is 5.75 Å². The lowest BCUT2D eigenvalue weighted by Crippen LogP contribution is -2.12. The Bertz CT molecular complexity index is 362. The third-order valence-electron chi connectivity index (χ3n) is 3.57. The molecule has 1 aromatic rings. The van der Waals surface area contributed by atoms with Gasteiger partial charge in [0, 0.05) is 6.07 Å². The minimum Gasteiger partial charge on any atom is -0.496 e. The van der Waals surface area contributed by atoms with E-state index in [0.717, 1.165) is 5.92 Å². The number of ether oxygens (including phenoxy) is 1. The molecule has 0 N–H and O–H groups in total. The zero-order valence-corrected chi connectivity index (χ0v) is 10.0. The topological polar surface area (TPSA) is 9.23 Å². The molecular weight excluding hydrogens is 203 g/mol. The summed E-state index contributed by atoms with van der Waals surface area (Å²) in [4.78, 5) is 0. The van der Waals surface area contributed by atoms with Crippen LogP contribution in [0, 0.1) is 11.7 Å². The molecule has 2 unspecified atom stereocenters. The number of halogens is 1. The fourth-order valence-corrected chi connectivity index (χ4v) is 2.74. The Morgan fingerprint density at radius 2 is 2.12 bits per heavy atom. The molecule has 1 nitrogen and oxygen atoms in total. The average Bonchev–Trinajstić information content (AvgIpc) is 2.28. The van der Waals surface area contributed by atoms with Gasteiger partial charge in [-0.3, -0.25) is 0 Å². The minimum absolute atomic E-state index is 0.218. The normalized spacial score (nSPS) is 25.4. The molecule has 0 radical (unpaired) electrons. The number of methoxy groups -OCH3 is 1. The van der Waals surface area contributed by atoms with Gasteiger partial charge in [0.1, 0.15) is 11.6 Å². The molecule has 2 heteroatoms. The van der Waals surface area contributed by atoms with E-state index in [9.17, 15) is 4.39 Å². The molecule has 0 amide bonds. The molecule has 1 aliphatic carbocycles. The summed E-state index contributed by atoms with van der Waals surface area (Å²) in [6, 6.07) is 4.92. The van der Waals surface area contributed by atoms with Crippen LogP contribution in [0.25, 0.3) is 0 Å². The number of hydrogen-bond donors (Lipinski definition) is 0. The van der Waals surface area contributed by atoms with Crippen molar-refractivity contribution < 1.29 is 9.13 Å². The third kappa shape index (κ3) is 2.37. The van der Waals surface area contributed by atoms with E-state index in [2.05, 4.69) is 6.92 Å². The van der Waals surface area contributed by atoms with Gasteiger partial charge in [0.15, 0.2) is 0 Å². The molecule has 0 spiro atoms. The summed E-state index contributed by atoms with van der Waals surface area (Å²) in [5, 5.41) is 0. The second-order valence-corrected chi connectivity index (χ2v) is 4.85. The Morgan fingerprint density at radius 1 is 1.31 bits per heavy atom. The Balaban J connectivity index is 2.24. The lowest BCUT2D eigenvalue weighted by atomic mass is 9.78. The Kier molecular flexibility index (Phi) is 3.47. The third-order valence-corrected chi connectivity index (χ3v) is 3.57. The first-order chi connectivity index (χ1) is 7.70. The summed E-state index contributed by atoms with van der Waals surface area (Å²) in [5.74, 6) is 1.80. The monoisotopic (exact) mass is 222 g/mol. The molecule has 16 heavy (non-hydrogen) atoms. The highest BCUT2D eigenvalue weighted by atomic mass is 19.1. The molecular formula is C14H19FO. The van der Waals surface area contributed by atoms with Crippen LogP contribution < -0.4 is 4.74 Å². The van der Waals surface area contributed by atoms with Crippen LogP contribution in [0.4, 0.5) is 4.39 Å². The van der Waals surface area contributed by atoms with Gasteiger partial charge in [-0.15, -0.1) is 0 Å². The molecule has 2 rings (SSSR count). The highest BCUT2D eigenvalue weighted by Crippen LogP contribution is 2.39. The van der Waals surface area contributed by atoms with E-state index in [-0.39, 0.29) is 5.82 Å². The summed E-state index contributed by atoms with van der Waals surface area (Å²) < 4.78 is 18.4. The summed E-state index contributed by atoms with van der Waals surface area (Å²) in [6.45, 7) is 2.29. The van der Waals surface area contributed by atoms with Crippen molar-refractivity contribution in [3.63, 3.8) is 0 Å². The van der Waals surface area contributed by atoms with E-state index >= 15 is 0 Å². The fourth-order valence-electron chi connectivity index (χ4n) is 2.74. The first kappa shape index (κ1) is 11.4. The van der Waals surface area contributed by atoms with Crippen molar-refractivity contribution in [3.05, 3.63) is 29.6 Å². The first-order valence-electron chi connectivity index (χ1n) is 6.04. The van der Waals surface area contributed by atoms with Crippen LogP contribution in [-0.4, -0.2) is 7.11 Å². The van der Waals surface area contributed by atoms with Gasteiger partial charge >= 0.3 is 0 Å². The van der Waals surface area contributed by atoms with E-state index < -0.39 is 0 Å². The van der Waals surface area contributed by atoms with Crippen molar-refractivity contribution in [2.45, 2.75) is 38.5 Å². The summed E-state index contributed by atoms with van der Waals surface area (Å²) in [6.07, 6.45) is 4.99. The fraction of sp³-hybridized carbons (Fsp3) is 0.571. The van der Waals surface area contributed by atoms with E-state index in [1.165, 1.54) is 43.4 Å². The standard InChI is InChI=1S/C14H19FO/c1-10-4-3-5-11(8-10)13-7-6-12(15)9-14(13)16-2/h6-7,9-11H,3-5,8H2,1-2H3. The van der Waals surface area contributed by atoms with Crippen molar-refractivity contribution in [1.82, 2.24) is 0 Å². The maximum Gasteiger partial charge on any atom is 0.126 e. The predicted octanol–water partition coefficient (Wildman–Crippen LogP) is 4.13. The molecule has 1 fully saturated rings. The van der Waals surface area contributed by atoms with Gasteiger partial charge < -0.3 is 4.74 Å². The van der Waals surface area contributed by atoms with Crippen LogP contribution in [0.3, 0.4) is 0 Å². The first-order valence-corrected chi connectivity index (χ1v) is 6.04. The van der Waals surface area contributed by atoms with Gasteiger partial charge in [-0.05, 0) is 36.3 Å². The largest absolute Gasteiger partial charge is 0.496 e. The molecule has 0 saturated heterocycles. The second kappa shape index (κ2) is 4.86. The Morgan fingerprint density at radius 3 is 2.81 bits per heavy atom. The number of rotatable bonds is 2. The predicted molar refractivity (Wildman–Crippen MR) is 63.3 cm³/mol. The van der Waals surface area contributed by atoms with Crippen LogP contribution >= 0.6 is 0 Å². The lowest BCUT2D eigenvalue weighted by Gasteiger charge is -2.28. The average molecular weight is 222 g/mol. The summed E-state index contributed by atoms with van der Waals surface area (Å²) in [5.41, 5.74) is 1.18. The molecule has 1 saturated carbocycles. The van der Waals surface area contributed by atoms with Crippen molar-refractivity contribution in [1.29, 1.82) is 0 Å². The highest BCUT2D eigenvalue weighted by Gasteiger charge is 2.23. The van der Waals surface area contributed by atoms with Crippen LogP contribution in [0.15, 0.2) is 18.2 Å². The van der Waals surface area contributed by atoms with Crippen LogP contribution in [-0.2, 0) is 0 Å². The van der Waals surface area contributed by atoms with Gasteiger partial charge in [0.2, 0.25) is 0 Å². The van der Waals surface area contributed by atoms with E-state index in [0.29, 0.717) is 11.7 Å². The van der Waals surface area contributed by atoms with E-state index in [4.69, 9.17) is 4.74 Å².